The summed E-state index contributed by atoms with van der Waals surface area (Å²) >= 11 is 0. The molecule has 1 unspecified atom stereocenters. The zero-order chi connectivity index (χ0) is 12.8. The van der Waals surface area contributed by atoms with E-state index in [-0.39, 0.29) is 0 Å². The summed E-state index contributed by atoms with van der Waals surface area (Å²) in [6, 6.07) is 8.72. The van der Waals surface area contributed by atoms with Crippen molar-refractivity contribution in [2.45, 2.75) is 45.6 Å². The second kappa shape index (κ2) is 6.79. The fourth-order valence-electron chi connectivity index (χ4n) is 2.79. The van der Waals surface area contributed by atoms with Crippen LogP contribution in [-0.2, 0) is 0 Å². The average molecular weight is 247 g/mol. The van der Waals surface area contributed by atoms with Gasteiger partial charge in [-0.05, 0) is 45.2 Å². The Morgan fingerprint density at radius 1 is 1.28 bits per heavy atom. The van der Waals surface area contributed by atoms with E-state index in [1.54, 1.807) is 0 Å². The molecule has 0 spiro atoms. The Hall–Kier alpha value is -1.02. The van der Waals surface area contributed by atoms with Crippen LogP contribution in [0.1, 0.15) is 51.1 Å². The summed E-state index contributed by atoms with van der Waals surface area (Å²) in [6.45, 7) is 6.13. The van der Waals surface area contributed by atoms with Gasteiger partial charge in [-0.3, -0.25) is 0 Å². The quantitative estimate of drug-likeness (QED) is 0.822. The summed E-state index contributed by atoms with van der Waals surface area (Å²) in [5.41, 5.74) is 1.28. The van der Waals surface area contributed by atoms with Crippen molar-refractivity contribution >= 4 is 0 Å². The van der Waals surface area contributed by atoms with Gasteiger partial charge < -0.3 is 10.1 Å². The molecule has 1 N–H and O–H groups in total. The van der Waals surface area contributed by atoms with Gasteiger partial charge in [-0.1, -0.05) is 31.0 Å². The first-order valence-electron chi connectivity index (χ1n) is 7.26. The topological polar surface area (TPSA) is 21.3 Å². The number of hydrogen-bond acceptors (Lipinski definition) is 2. The zero-order valence-corrected chi connectivity index (χ0v) is 11.6. The van der Waals surface area contributed by atoms with E-state index in [1.165, 1.54) is 31.2 Å². The monoisotopic (exact) mass is 247 g/mol. The van der Waals surface area contributed by atoms with E-state index in [9.17, 15) is 0 Å². The maximum Gasteiger partial charge on any atom is 0.124 e. The summed E-state index contributed by atoms with van der Waals surface area (Å²) in [5, 5.41) is 3.66. The van der Waals surface area contributed by atoms with Crippen molar-refractivity contribution < 1.29 is 4.74 Å². The molecule has 1 aliphatic carbocycles. The molecule has 0 aliphatic heterocycles. The second-order valence-corrected chi connectivity index (χ2v) is 5.25. The molecule has 2 rings (SSSR count). The molecule has 0 radical (unpaired) electrons. The molecular weight excluding hydrogens is 222 g/mol. The zero-order valence-electron chi connectivity index (χ0n) is 11.6. The highest BCUT2D eigenvalue weighted by Gasteiger charge is 2.17. The summed E-state index contributed by atoms with van der Waals surface area (Å²) in [6.07, 6.45) is 5.62. The number of para-hydroxylation sites is 1. The maximum absolute atomic E-state index is 5.69. The highest BCUT2D eigenvalue weighted by atomic mass is 16.5. The molecule has 2 heteroatoms. The van der Waals surface area contributed by atoms with Gasteiger partial charge in [0, 0.05) is 11.6 Å². The molecule has 0 saturated heterocycles. The lowest BCUT2D eigenvalue weighted by atomic mass is 10.0. The minimum Gasteiger partial charge on any atom is -0.494 e. The van der Waals surface area contributed by atoms with Gasteiger partial charge >= 0.3 is 0 Å². The van der Waals surface area contributed by atoms with Gasteiger partial charge in [0.05, 0.1) is 6.61 Å². The van der Waals surface area contributed by atoms with E-state index >= 15 is 0 Å². The normalized spacial score (nSPS) is 17.9. The van der Waals surface area contributed by atoms with Gasteiger partial charge in [0.25, 0.3) is 0 Å². The third-order valence-electron chi connectivity index (χ3n) is 3.87. The molecule has 1 fully saturated rings. The predicted molar refractivity (Wildman–Crippen MR) is 76.0 cm³/mol. The van der Waals surface area contributed by atoms with Crippen LogP contribution in [0.25, 0.3) is 0 Å². The smallest absolute Gasteiger partial charge is 0.124 e. The Morgan fingerprint density at radius 2 is 2.00 bits per heavy atom. The Kier molecular flexibility index (Phi) is 5.06. The van der Waals surface area contributed by atoms with Crippen molar-refractivity contribution in [3.8, 4) is 5.75 Å². The molecule has 1 aromatic carbocycles. The van der Waals surface area contributed by atoms with E-state index in [2.05, 4.69) is 30.4 Å². The van der Waals surface area contributed by atoms with Crippen molar-refractivity contribution in [2.24, 2.45) is 5.92 Å². The van der Waals surface area contributed by atoms with Crippen LogP contribution >= 0.6 is 0 Å². The fourth-order valence-corrected chi connectivity index (χ4v) is 2.79. The van der Waals surface area contributed by atoms with Gasteiger partial charge in [0.1, 0.15) is 5.75 Å². The van der Waals surface area contributed by atoms with E-state index in [1.807, 2.05) is 13.0 Å². The van der Waals surface area contributed by atoms with Crippen LogP contribution in [0, 0.1) is 5.92 Å². The standard InChI is InChI=1S/C16H25NO/c1-3-18-16-11-7-6-10-15(16)13(2)17-12-14-8-4-5-9-14/h6-7,10-11,13-14,17H,3-5,8-9,12H2,1-2H3. The number of benzene rings is 1. The molecule has 0 bridgehead atoms. The summed E-state index contributed by atoms with van der Waals surface area (Å²) < 4.78 is 5.69. The number of hydrogen-bond donors (Lipinski definition) is 1. The first-order chi connectivity index (χ1) is 8.81. The second-order valence-electron chi connectivity index (χ2n) is 5.25. The lowest BCUT2D eigenvalue weighted by Gasteiger charge is -2.20. The van der Waals surface area contributed by atoms with Crippen LogP contribution in [0.15, 0.2) is 24.3 Å². The molecule has 0 aromatic heterocycles. The van der Waals surface area contributed by atoms with Crippen LogP contribution in [0.4, 0.5) is 0 Å². The van der Waals surface area contributed by atoms with E-state index in [4.69, 9.17) is 4.74 Å². The molecule has 0 heterocycles. The Balaban J connectivity index is 1.92. The van der Waals surface area contributed by atoms with E-state index < -0.39 is 0 Å². The summed E-state index contributed by atoms with van der Waals surface area (Å²) in [4.78, 5) is 0. The molecule has 0 amide bonds. The highest BCUT2D eigenvalue weighted by Crippen LogP contribution is 2.27. The lowest BCUT2D eigenvalue weighted by molar-refractivity contribution is 0.331. The number of ether oxygens (including phenoxy) is 1. The van der Waals surface area contributed by atoms with E-state index in [0.717, 1.165) is 24.8 Å². The third-order valence-corrected chi connectivity index (χ3v) is 3.87. The van der Waals surface area contributed by atoms with Crippen LogP contribution in [0.2, 0.25) is 0 Å². The van der Waals surface area contributed by atoms with Crippen molar-refractivity contribution in [3.05, 3.63) is 29.8 Å². The lowest BCUT2D eigenvalue weighted by Crippen LogP contribution is -2.24. The fraction of sp³-hybridized carbons (Fsp3) is 0.625. The van der Waals surface area contributed by atoms with Gasteiger partial charge in [0.2, 0.25) is 0 Å². The molecular formula is C16H25NO. The SMILES string of the molecule is CCOc1ccccc1C(C)NCC1CCCC1. The highest BCUT2D eigenvalue weighted by molar-refractivity contribution is 5.35. The number of nitrogens with one attached hydrogen (secondary N) is 1. The molecule has 100 valence electrons. The maximum atomic E-state index is 5.69. The largest absolute Gasteiger partial charge is 0.494 e. The van der Waals surface area contributed by atoms with Gasteiger partial charge in [-0.15, -0.1) is 0 Å². The first kappa shape index (κ1) is 13.4. The number of rotatable bonds is 6. The Bertz CT molecular complexity index is 358. The van der Waals surface area contributed by atoms with Crippen LogP contribution < -0.4 is 10.1 Å². The van der Waals surface area contributed by atoms with Gasteiger partial charge in [0.15, 0.2) is 0 Å². The van der Waals surface area contributed by atoms with Gasteiger partial charge in [-0.25, -0.2) is 0 Å². The minimum atomic E-state index is 0.369. The Morgan fingerprint density at radius 3 is 2.72 bits per heavy atom. The summed E-state index contributed by atoms with van der Waals surface area (Å²) in [7, 11) is 0. The molecule has 18 heavy (non-hydrogen) atoms. The molecule has 1 aromatic rings. The minimum absolute atomic E-state index is 0.369. The molecule has 2 nitrogen and oxygen atoms in total. The van der Waals surface area contributed by atoms with Crippen LogP contribution in [-0.4, -0.2) is 13.2 Å². The van der Waals surface area contributed by atoms with Crippen LogP contribution in [0.3, 0.4) is 0 Å². The summed E-state index contributed by atoms with van der Waals surface area (Å²) in [5.74, 6) is 1.90. The molecule has 1 atom stereocenters. The van der Waals surface area contributed by atoms with Crippen molar-refractivity contribution in [1.82, 2.24) is 5.32 Å². The van der Waals surface area contributed by atoms with E-state index in [0.29, 0.717) is 6.04 Å². The van der Waals surface area contributed by atoms with Crippen LogP contribution in [0.5, 0.6) is 5.75 Å². The molecule has 1 aliphatic rings. The molecule has 1 saturated carbocycles. The van der Waals surface area contributed by atoms with Crippen molar-refractivity contribution in [3.63, 3.8) is 0 Å². The van der Waals surface area contributed by atoms with Crippen molar-refractivity contribution in [1.29, 1.82) is 0 Å². The van der Waals surface area contributed by atoms with Gasteiger partial charge in [-0.2, -0.15) is 0 Å². The third kappa shape index (κ3) is 3.49. The van der Waals surface area contributed by atoms with Crippen molar-refractivity contribution in [2.75, 3.05) is 13.2 Å². The first-order valence-corrected chi connectivity index (χ1v) is 7.26. The predicted octanol–water partition coefficient (Wildman–Crippen LogP) is 3.93. The Labute approximate surface area is 111 Å². The average Bonchev–Trinajstić information content (AvgIpc) is 2.90.